The average Bonchev–Trinajstić information content (AvgIpc) is 2.63. The number of hydrogen-bond acceptors (Lipinski definition) is 2. The summed E-state index contributed by atoms with van der Waals surface area (Å²) in [6, 6.07) is 9.74. The highest BCUT2D eigenvalue weighted by molar-refractivity contribution is 5.72. The Morgan fingerprint density at radius 1 is 0.840 bits per heavy atom. The first-order valence-electron chi connectivity index (χ1n) is 10.2. The topological polar surface area (TPSA) is 26.3 Å². The molecular formula is C23H36O2. The molecule has 0 bridgehead atoms. The van der Waals surface area contributed by atoms with Gasteiger partial charge in [0.05, 0.1) is 13.0 Å². The van der Waals surface area contributed by atoms with Crippen molar-refractivity contribution in [1.82, 2.24) is 0 Å². The van der Waals surface area contributed by atoms with Crippen LogP contribution >= 0.6 is 0 Å². The number of benzene rings is 1. The molecule has 0 aliphatic rings. The van der Waals surface area contributed by atoms with Gasteiger partial charge < -0.3 is 4.74 Å². The fraction of sp³-hybridized carbons (Fsp3) is 0.609. The van der Waals surface area contributed by atoms with Crippen molar-refractivity contribution >= 4 is 5.97 Å². The van der Waals surface area contributed by atoms with Gasteiger partial charge in [-0.1, -0.05) is 101 Å². The summed E-state index contributed by atoms with van der Waals surface area (Å²) in [5, 5.41) is 0. The lowest BCUT2D eigenvalue weighted by Crippen LogP contribution is -2.08. The van der Waals surface area contributed by atoms with Gasteiger partial charge in [-0.3, -0.25) is 4.79 Å². The highest BCUT2D eigenvalue weighted by atomic mass is 16.5. The predicted molar refractivity (Wildman–Crippen MR) is 107 cm³/mol. The second-order valence-corrected chi connectivity index (χ2v) is 6.76. The van der Waals surface area contributed by atoms with Crippen LogP contribution in [0.4, 0.5) is 0 Å². The van der Waals surface area contributed by atoms with Crippen LogP contribution in [-0.4, -0.2) is 12.6 Å². The molecule has 0 amide bonds. The van der Waals surface area contributed by atoms with E-state index >= 15 is 0 Å². The van der Waals surface area contributed by atoms with Crippen LogP contribution in [-0.2, 0) is 16.0 Å². The Morgan fingerprint density at radius 3 is 2.12 bits per heavy atom. The van der Waals surface area contributed by atoms with Gasteiger partial charge in [-0.05, 0) is 24.8 Å². The highest BCUT2D eigenvalue weighted by Gasteiger charge is 2.03. The fourth-order valence-electron chi connectivity index (χ4n) is 2.86. The zero-order valence-electron chi connectivity index (χ0n) is 16.1. The Hall–Kier alpha value is -1.57. The third kappa shape index (κ3) is 13.4. The van der Waals surface area contributed by atoms with E-state index in [0.717, 1.165) is 18.4 Å². The molecule has 0 unspecified atom stereocenters. The summed E-state index contributed by atoms with van der Waals surface area (Å²) in [5.74, 6) is -0.140. The Morgan fingerprint density at radius 2 is 1.44 bits per heavy atom. The van der Waals surface area contributed by atoms with Crippen LogP contribution in [0, 0.1) is 0 Å². The van der Waals surface area contributed by atoms with Crippen LogP contribution in [0.5, 0.6) is 0 Å². The molecule has 2 heteroatoms. The van der Waals surface area contributed by atoms with Crippen molar-refractivity contribution in [2.45, 2.75) is 84.0 Å². The van der Waals surface area contributed by atoms with Crippen LogP contribution in [0.15, 0.2) is 42.5 Å². The van der Waals surface area contributed by atoms with Crippen molar-refractivity contribution in [3.8, 4) is 0 Å². The molecule has 1 rings (SSSR count). The molecule has 0 atom stereocenters. The summed E-state index contributed by atoms with van der Waals surface area (Å²) < 4.78 is 5.26. The third-order valence-electron chi connectivity index (χ3n) is 4.38. The number of ether oxygens (including phenoxy) is 1. The minimum Gasteiger partial charge on any atom is -0.465 e. The van der Waals surface area contributed by atoms with E-state index in [4.69, 9.17) is 4.74 Å². The van der Waals surface area contributed by atoms with Gasteiger partial charge in [0.2, 0.25) is 0 Å². The van der Waals surface area contributed by atoms with Gasteiger partial charge in [0.15, 0.2) is 0 Å². The molecule has 0 fully saturated rings. The van der Waals surface area contributed by atoms with Gasteiger partial charge in [0, 0.05) is 0 Å². The second-order valence-electron chi connectivity index (χ2n) is 6.76. The van der Waals surface area contributed by atoms with E-state index in [0.29, 0.717) is 13.0 Å². The van der Waals surface area contributed by atoms with E-state index in [9.17, 15) is 4.79 Å². The summed E-state index contributed by atoms with van der Waals surface area (Å²) in [6.07, 6.45) is 19.0. The van der Waals surface area contributed by atoms with E-state index < -0.39 is 0 Å². The highest BCUT2D eigenvalue weighted by Crippen LogP contribution is 2.10. The van der Waals surface area contributed by atoms with E-state index in [-0.39, 0.29) is 5.97 Å². The average molecular weight is 345 g/mol. The number of rotatable bonds is 15. The summed E-state index contributed by atoms with van der Waals surface area (Å²) in [4.78, 5) is 11.7. The first-order valence-corrected chi connectivity index (χ1v) is 10.2. The molecular weight excluding hydrogens is 308 g/mol. The lowest BCUT2D eigenvalue weighted by atomic mass is 10.1. The van der Waals surface area contributed by atoms with Crippen molar-refractivity contribution in [2.24, 2.45) is 0 Å². The summed E-state index contributed by atoms with van der Waals surface area (Å²) in [6.45, 7) is 2.75. The molecule has 0 saturated heterocycles. The Balaban J connectivity index is 1.86. The van der Waals surface area contributed by atoms with Crippen LogP contribution in [0.1, 0.15) is 83.1 Å². The summed E-state index contributed by atoms with van der Waals surface area (Å²) in [5.41, 5.74) is 1.01. The molecule has 140 valence electrons. The number of esters is 1. The summed E-state index contributed by atoms with van der Waals surface area (Å²) in [7, 11) is 0. The number of unbranched alkanes of at least 4 members (excludes halogenated alkanes) is 9. The monoisotopic (exact) mass is 344 g/mol. The first-order chi connectivity index (χ1) is 12.3. The molecule has 0 aliphatic carbocycles. The number of allylic oxidation sites excluding steroid dienone is 1. The largest absolute Gasteiger partial charge is 0.465 e. The van der Waals surface area contributed by atoms with Crippen molar-refractivity contribution in [2.75, 3.05) is 6.61 Å². The number of hydrogen-bond donors (Lipinski definition) is 0. The fourth-order valence-corrected chi connectivity index (χ4v) is 2.86. The molecule has 0 N–H and O–H groups in total. The smallest absolute Gasteiger partial charge is 0.310 e. The van der Waals surface area contributed by atoms with Gasteiger partial charge in [-0.2, -0.15) is 0 Å². The molecule has 0 spiro atoms. The van der Waals surface area contributed by atoms with Crippen LogP contribution in [0.2, 0.25) is 0 Å². The van der Waals surface area contributed by atoms with Crippen molar-refractivity contribution < 1.29 is 9.53 Å². The molecule has 25 heavy (non-hydrogen) atoms. The normalized spacial score (nSPS) is 11.1. The first kappa shape index (κ1) is 21.5. The second kappa shape index (κ2) is 15.9. The van der Waals surface area contributed by atoms with E-state index in [1.807, 2.05) is 30.3 Å². The molecule has 0 saturated carbocycles. The van der Waals surface area contributed by atoms with Gasteiger partial charge >= 0.3 is 5.97 Å². The minimum absolute atomic E-state index is 0.140. The minimum atomic E-state index is -0.140. The maximum atomic E-state index is 11.7. The number of carbonyl (C=O) groups excluding carboxylic acids is 1. The maximum absolute atomic E-state index is 11.7. The zero-order chi connectivity index (χ0) is 18.0. The Bertz CT molecular complexity index is 450. The number of carbonyl (C=O) groups is 1. The van der Waals surface area contributed by atoms with Crippen molar-refractivity contribution in [3.63, 3.8) is 0 Å². The van der Waals surface area contributed by atoms with Gasteiger partial charge in [-0.15, -0.1) is 0 Å². The van der Waals surface area contributed by atoms with Crippen LogP contribution < -0.4 is 0 Å². The molecule has 0 heterocycles. The van der Waals surface area contributed by atoms with E-state index in [2.05, 4.69) is 19.1 Å². The quantitative estimate of drug-likeness (QED) is 0.202. The molecule has 1 aromatic carbocycles. The molecule has 2 nitrogen and oxygen atoms in total. The van der Waals surface area contributed by atoms with Crippen LogP contribution in [0.3, 0.4) is 0 Å². The third-order valence-corrected chi connectivity index (χ3v) is 4.38. The molecule has 1 aromatic rings. The molecule has 0 aliphatic heterocycles. The van der Waals surface area contributed by atoms with E-state index in [1.54, 1.807) is 0 Å². The standard InChI is InChI=1S/C23H36O2/c1-2-3-4-5-6-7-8-9-10-11-12-13-17-20-25-23(24)21-22-18-15-14-16-19-22/h12-16,18-19H,2-11,17,20-21H2,1H3. The predicted octanol–water partition coefficient (Wildman–Crippen LogP) is 6.64. The van der Waals surface area contributed by atoms with Gasteiger partial charge in [-0.25, -0.2) is 0 Å². The SMILES string of the molecule is CCCCCCCCCCCC=CCCOC(=O)Cc1ccccc1. The molecule has 0 aromatic heterocycles. The lowest BCUT2D eigenvalue weighted by Gasteiger charge is -2.03. The zero-order valence-corrected chi connectivity index (χ0v) is 16.1. The van der Waals surface area contributed by atoms with Crippen molar-refractivity contribution in [1.29, 1.82) is 0 Å². The maximum Gasteiger partial charge on any atom is 0.310 e. The van der Waals surface area contributed by atoms with Crippen LogP contribution in [0.25, 0.3) is 0 Å². The lowest BCUT2D eigenvalue weighted by molar-refractivity contribution is -0.142. The Kier molecular flexibility index (Phi) is 13.7. The van der Waals surface area contributed by atoms with Gasteiger partial charge in [0.1, 0.15) is 0 Å². The van der Waals surface area contributed by atoms with Gasteiger partial charge in [0.25, 0.3) is 0 Å². The summed E-state index contributed by atoms with van der Waals surface area (Å²) >= 11 is 0. The molecule has 0 radical (unpaired) electrons. The van der Waals surface area contributed by atoms with Crippen molar-refractivity contribution in [3.05, 3.63) is 48.0 Å². The Labute approximate surface area is 154 Å². The van der Waals surface area contributed by atoms with E-state index in [1.165, 1.54) is 57.8 Å².